The summed E-state index contributed by atoms with van der Waals surface area (Å²) >= 11 is 0. The van der Waals surface area contributed by atoms with Crippen LogP contribution in [0.15, 0.2) is 231 Å². The van der Waals surface area contributed by atoms with Gasteiger partial charge >= 0.3 is 0 Å². The average molecular weight is 818 g/mol. The van der Waals surface area contributed by atoms with E-state index in [2.05, 4.69) is 252 Å². The first-order valence-electron chi connectivity index (χ1n) is 22.3. The van der Waals surface area contributed by atoms with E-state index in [0.29, 0.717) is 0 Å². The molecule has 1 aliphatic carbocycles. The minimum absolute atomic E-state index is 0.0534. The predicted molar refractivity (Wildman–Crippen MR) is 267 cm³/mol. The average Bonchev–Trinajstić information content (AvgIpc) is 3.98. The number of nitrogens with zero attached hydrogens (tertiary/aromatic N) is 2. The lowest BCUT2D eigenvalue weighted by Crippen LogP contribution is -2.28. The zero-order valence-electron chi connectivity index (χ0n) is 35.4. The fourth-order valence-corrected chi connectivity index (χ4v) is 11.2. The second kappa shape index (κ2) is 14.2. The summed E-state index contributed by atoms with van der Waals surface area (Å²) < 4.78 is 4.97. The molecule has 3 heteroatoms. The Bertz CT molecular complexity index is 3640. The standard InChI is InChI=1S/C61H43N3/c1-40-19-18-32-55-60(40)51-39-57-50(38-58(51)63(55)46-26-12-5-13-27-46)49-34-33-45(61(44-24-10-4-11-25-44)52-30-16-14-28-47(52)48-29-15-17-31-53(48)61)37-56(49)64(57)59-36-43(41-20-6-2-7-21-41)35-54(62-59)42-22-8-3-9-23-42/h2-39,54,62H,1H3. The van der Waals surface area contributed by atoms with Gasteiger partial charge in [-0.15, -0.1) is 0 Å². The van der Waals surface area contributed by atoms with Crippen molar-refractivity contribution in [1.29, 1.82) is 0 Å². The van der Waals surface area contributed by atoms with E-state index >= 15 is 0 Å². The summed E-state index contributed by atoms with van der Waals surface area (Å²) in [5, 5.41) is 9.02. The van der Waals surface area contributed by atoms with Crippen molar-refractivity contribution >= 4 is 55.0 Å². The van der Waals surface area contributed by atoms with Crippen molar-refractivity contribution < 1.29 is 0 Å². The van der Waals surface area contributed by atoms with Crippen LogP contribution in [-0.4, -0.2) is 9.13 Å². The molecule has 0 saturated heterocycles. The maximum atomic E-state index is 4.09. The molecule has 9 aromatic carbocycles. The summed E-state index contributed by atoms with van der Waals surface area (Å²) in [5.41, 5.74) is 17.9. The lowest BCUT2D eigenvalue weighted by atomic mass is 9.67. The molecule has 1 N–H and O–H groups in total. The third-order valence-corrected chi connectivity index (χ3v) is 13.9. The highest BCUT2D eigenvalue weighted by Gasteiger charge is 2.46. The van der Waals surface area contributed by atoms with Crippen molar-refractivity contribution in [2.75, 3.05) is 0 Å². The lowest BCUT2D eigenvalue weighted by molar-refractivity contribution is 0.738. The molecule has 0 saturated carbocycles. The smallest absolute Gasteiger partial charge is 0.112 e. The Hall–Kier alpha value is -8.14. The summed E-state index contributed by atoms with van der Waals surface area (Å²) in [6, 6.07) is 80.5. The van der Waals surface area contributed by atoms with E-state index in [1.807, 2.05) is 0 Å². The molecule has 1 aliphatic heterocycles. The van der Waals surface area contributed by atoms with E-state index in [1.165, 1.54) is 88.2 Å². The third kappa shape index (κ3) is 5.28. The van der Waals surface area contributed by atoms with Crippen LogP contribution in [0.3, 0.4) is 0 Å². The molecule has 3 heterocycles. The van der Waals surface area contributed by atoms with E-state index in [0.717, 1.165) is 22.5 Å². The van der Waals surface area contributed by atoms with Crippen molar-refractivity contribution in [3.63, 3.8) is 0 Å². The highest BCUT2D eigenvalue weighted by molar-refractivity contribution is 6.20. The number of hydrogen-bond acceptors (Lipinski definition) is 1. The van der Waals surface area contributed by atoms with Crippen LogP contribution in [0.5, 0.6) is 0 Å². The van der Waals surface area contributed by atoms with Crippen LogP contribution in [0, 0.1) is 6.92 Å². The molecule has 0 bridgehead atoms. The fourth-order valence-electron chi connectivity index (χ4n) is 11.2. The van der Waals surface area contributed by atoms with Crippen molar-refractivity contribution in [2.24, 2.45) is 0 Å². The number of hydrogen-bond donors (Lipinski definition) is 1. The summed E-state index contributed by atoms with van der Waals surface area (Å²) in [4.78, 5) is 0. The van der Waals surface area contributed by atoms with Crippen molar-refractivity contribution in [3.8, 4) is 16.8 Å². The van der Waals surface area contributed by atoms with Gasteiger partial charge in [-0.05, 0) is 111 Å². The molecule has 302 valence electrons. The van der Waals surface area contributed by atoms with Crippen molar-refractivity contribution in [2.45, 2.75) is 18.4 Å². The topological polar surface area (TPSA) is 21.9 Å². The molecule has 1 unspecified atom stereocenters. The fraction of sp³-hybridized carbons (Fsp3) is 0.0492. The van der Waals surface area contributed by atoms with Crippen LogP contribution < -0.4 is 5.32 Å². The van der Waals surface area contributed by atoms with Crippen LogP contribution in [0.1, 0.15) is 45.0 Å². The molecule has 11 aromatic rings. The molecular formula is C61H43N3. The Morgan fingerprint density at radius 3 is 1.77 bits per heavy atom. The number of aromatic nitrogens is 2. The number of aryl methyl sites for hydroxylation is 1. The molecular weight excluding hydrogens is 775 g/mol. The number of fused-ring (bicyclic) bond motifs is 9. The monoisotopic (exact) mass is 817 g/mol. The minimum atomic E-state index is -0.540. The van der Waals surface area contributed by atoms with Gasteiger partial charge in [-0.25, -0.2) is 0 Å². The Balaban J connectivity index is 1.16. The summed E-state index contributed by atoms with van der Waals surface area (Å²) in [5.74, 6) is 1.04. The number of benzene rings is 9. The molecule has 1 atom stereocenters. The Kier molecular flexibility index (Phi) is 8.10. The first-order valence-corrected chi connectivity index (χ1v) is 22.3. The van der Waals surface area contributed by atoms with Crippen LogP contribution in [0.25, 0.3) is 71.8 Å². The van der Waals surface area contributed by atoms with Crippen LogP contribution in [0.4, 0.5) is 0 Å². The molecule has 0 amide bonds. The first-order chi connectivity index (χ1) is 31.7. The van der Waals surface area contributed by atoms with E-state index in [4.69, 9.17) is 0 Å². The van der Waals surface area contributed by atoms with E-state index < -0.39 is 5.41 Å². The molecule has 2 aliphatic rings. The zero-order chi connectivity index (χ0) is 42.4. The third-order valence-electron chi connectivity index (χ3n) is 13.9. The van der Waals surface area contributed by atoms with E-state index in [9.17, 15) is 0 Å². The normalized spacial score (nSPS) is 15.2. The Morgan fingerprint density at radius 1 is 0.453 bits per heavy atom. The Labute approximate surface area is 372 Å². The predicted octanol–water partition coefficient (Wildman–Crippen LogP) is 14.8. The molecule has 64 heavy (non-hydrogen) atoms. The number of nitrogens with one attached hydrogen (secondary N) is 1. The molecule has 3 nitrogen and oxygen atoms in total. The van der Waals surface area contributed by atoms with Crippen LogP contribution in [-0.2, 0) is 5.41 Å². The van der Waals surface area contributed by atoms with Gasteiger partial charge < -0.3 is 9.88 Å². The SMILES string of the molecule is Cc1cccc2c1c1cc3c(cc1n2-c1ccccc1)c1ccc(C2(c4ccccc4)c4ccccc4-c4ccccc42)cc1n3C1=CC(c2ccccc2)=CC(c2ccccc2)N1. The number of allylic oxidation sites excluding steroid dienone is 2. The second-order valence-corrected chi connectivity index (χ2v) is 17.4. The summed E-state index contributed by atoms with van der Waals surface area (Å²) in [7, 11) is 0. The summed E-state index contributed by atoms with van der Waals surface area (Å²) in [6.07, 6.45) is 4.73. The second-order valence-electron chi connectivity index (χ2n) is 17.4. The van der Waals surface area contributed by atoms with E-state index in [1.54, 1.807) is 0 Å². The van der Waals surface area contributed by atoms with Gasteiger partial charge in [0.15, 0.2) is 0 Å². The van der Waals surface area contributed by atoms with Crippen LogP contribution >= 0.6 is 0 Å². The van der Waals surface area contributed by atoms with Gasteiger partial charge in [-0.3, -0.25) is 4.57 Å². The van der Waals surface area contributed by atoms with E-state index in [-0.39, 0.29) is 6.04 Å². The molecule has 0 radical (unpaired) electrons. The van der Waals surface area contributed by atoms with Gasteiger partial charge in [0, 0.05) is 27.2 Å². The molecule has 2 aromatic heterocycles. The maximum absolute atomic E-state index is 4.09. The number of rotatable bonds is 6. The van der Waals surface area contributed by atoms with Crippen molar-refractivity contribution in [3.05, 3.63) is 269 Å². The zero-order valence-corrected chi connectivity index (χ0v) is 35.4. The maximum Gasteiger partial charge on any atom is 0.112 e. The van der Waals surface area contributed by atoms with Gasteiger partial charge in [0.25, 0.3) is 0 Å². The van der Waals surface area contributed by atoms with Gasteiger partial charge in [0.2, 0.25) is 0 Å². The Morgan fingerprint density at radius 2 is 1.05 bits per heavy atom. The molecule has 0 fully saturated rings. The highest BCUT2D eigenvalue weighted by atomic mass is 15.2. The van der Waals surface area contributed by atoms with Crippen molar-refractivity contribution in [1.82, 2.24) is 14.5 Å². The molecule has 0 spiro atoms. The van der Waals surface area contributed by atoms with Gasteiger partial charge in [0.05, 0.1) is 33.5 Å². The largest absolute Gasteiger partial charge is 0.361 e. The molecule has 13 rings (SSSR count). The van der Waals surface area contributed by atoms with Gasteiger partial charge in [-0.1, -0.05) is 182 Å². The first kappa shape index (κ1) is 36.5. The lowest BCUT2D eigenvalue weighted by Gasteiger charge is -2.34. The highest BCUT2D eigenvalue weighted by Crippen LogP contribution is 2.56. The van der Waals surface area contributed by atoms with Gasteiger partial charge in [-0.2, -0.15) is 0 Å². The van der Waals surface area contributed by atoms with Gasteiger partial charge in [0.1, 0.15) is 5.82 Å². The number of dihydropyridines is 1. The summed E-state index contributed by atoms with van der Waals surface area (Å²) in [6.45, 7) is 2.25. The minimum Gasteiger partial charge on any atom is -0.361 e. The van der Waals surface area contributed by atoms with Crippen LogP contribution in [0.2, 0.25) is 0 Å². The quantitative estimate of drug-likeness (QED) is 0.177. The number of para-hydroxylation sites is 1.